The van der Waals surface area contributed by atoms with Gasteiger partial charge in [-0.3, -0.25) is 4.79 Å². The molecule has 37 heavy (non-hydrogen) atoms. The number of pyridine rings is 1. The van der Waals surface area contributed by atoms with Crippen LogP contribution in [-0.4, -0.2) is 46.0 Å². The summed E-state index contributed by atoms with van der Waals surface area (Å²) in [7, 11) is 0. The van der Waals surface area contributed by atoms with Crippen LogP contribution >= 0.6 is 0 Å². The van der Waals surface area contributed by atoms with Gasteiger partial charge in [-0.05, 0) is 57.4 Å². The lowest BCUT2D eigenvalue weighted by atomic mass is 9.91. The van der Waals surface area contributed by atoms with Crippen LogP contribution in [0.5, 0.6) is 0 Å². The van der Waals surface area contributed by atoms with Crippen molar-refractivity contribution in [1.29, 1.82) is 0 Å². The molecule has 7 nitrogen and oxygen atoms in total. The quantitative estimate of drug-likeness (QED) is 0.436. The highest BCUT2D eigenvalue weighted by molar-refractivity contribution is 5.97. The van der Waals surface area contributed by atoms with Gasteiger partial charge in [-0.2, -0.15) is 26.3 Å². The molecule has 3 N–H and O–H groups in total. The van der Waals surface area contributed by atoms with Crippen molar-refractivity contribution in [3.8, 4) is 0 Å². The third-order valence-electron chi connectivity index (χ3n) is 5.42. The van der Waals surface area contributed by atoms with E-state index in [1.165, 1.54) is 6.07 Å². The Morgan fingerprint density at radius 1 is 1.16 bits per heavy atom. The Kier molecular flexibility index (Phi) is 7.66. The van der Waals surface area contributed by atoms with Gasteiger partial charge in [-0.15, -0.1) is 0 Å². The topological polar surface area (TPSA) is 96.1 Å². The number of amides is 2. The highest BCUT2D eigenvalue weighted by Gasteiger charge is 2.45. The Morgan fingerprint density at radius 2 is 1.84 bits per heavy atom. The van der Waals surface area contributed by atoms with Crippen LogP contribution < -0.4 is 10.6 Å². The van der Waals surface area contributed by atoms with Crippen molar-refractivity contribution in [2.24, 2.45) is 5.92 Å². The molecule has 0 aromatic carbocycles. The highest BCUT2D eigenvalue weighted by atomic mass is 19.4. The first-order valence-electron chi connectivity index (χ1n) is 11.2. The van der Waals surface area contributed by atoms with Gasteiger partial charge in [0.2, 0.25) is 0 Å². The van der Waals surface area contributed by atoms with Crippen molar-refractivity contribution in [1.82, 2.24) is 20.6 Å². The fourth-order valence-corrected chi connectivity index (χ4v) is 3.67. The lowest BCUT2D eigenvalue weighted by Gasteiger charge is -2.27. The third kappa shape index (κ3) is 7.26. The summed E-state index contributed by atoms with van der Waals surface area (Å²) in [4.78, 5) is 31.5. The number of H-pyrrole nitrogens is 1. The molecule has 1 aliphatic rings. The number of rotatable bonds is 5. The number of hydrogen-bond acceptors (Lipinski definition) is 4. The van der Waals surface area contributed by atoms with E-state index >= 15 is 0 Å². The van der Waals surface area contributed by atoms with E-state index in [4.69, 9.17) is 4.74 Å². The van der Waals surface area contributed by atoms with E-state index in [0.29, 0.717) is 22.7 Å². The van der Waals surface area contributed by atoms with Gasteiger partial charge in [-0.1, -0.05) is 18.2 Å². The van der Waals surface area contributed by atoms with Crippen LogP contribution in [-0.2, 0) is 11.3 Å². The SMILES string of the molecule is Cc1nc2[nH]c(C(=O)NC(C3=CC(C(F)(F)F)CC=C3)C(F)(F)F)cc2cc1CNC(=O)OC(C)(C)C. The van der Waals surface area contributed by atoms with Gasteiger partial charge >= 0.3 is 18.4 Å². The first kappa shape index (κ1) is 28.1. The second kappa shape index (κ2) is 10.1. The molecule has 2 amide bonds. The average molecular weight is 532 g/mol. The number of aromatic nitrogens is 2. The number of halogens is 6. The van der Waals surface area contributed by atoms with Gasteiger partial charge in [0.25, 0.3) is 5.91 Å². The molecule has 2 heterocycles. The molecule has 0 spiro atoms. The summed E-state index contributed by atoms with van der Waals surface area (Å²) >= 11 is 0. The minimum Gasteiger partial charge on any atom is -0.444 e. The number of allylic oxidation sites excluding steroid dienone is 2. The number of nitrogens with one attached hydrogen (secondary N) is 3. The van der Waals surface area contributed by atoms with Crippen LogP contribution in [0.1, 0.15) is 48.9 Å². The highest BCUT2D eigenvalue weighted by Crippen LogP contribution is 2.36. The van der Waals surface area contributed by atoms with Gasteiger partial charge in [-0.25, -0.2) is 9.78 Å². The number of aromatic amines is 1. The van der Waals surface area contributed by atoms with E-state index in [1.54, 1.807) is 39.1 Å². The second-order valence-electron chi connectivity index (χ2n) is 9.61. The van der Waals surface area contributed by atoms with Crippen molar-refractivity contribution >= 4 is 23.0 Å². The molecule has 202 valence electrons. The minimum atomic E-state index is -5.04. The molecule has 2 aromatic rings. The fraction of sp³-hybridized carbons (Fsp3) is 0.458. The molecule has 3 rings (SSSR count). The number of alkyl halides is 6. The molecular formula is C24H26F6N4O3. The second-order valence-corrected chi connectivity index (χ2v) is 9.61. The molecule has 0 aliphatic heterocycles. The van der Waals surface area contributed by atoms with Crippen LogP contribution in [0, 0.1) is 12.8 Å². The zero-order chi connectivity index (χ0) is 27.8. The number of carbonyl (C=O) groups excluding carboxylic acids is 2. The molecule has 2 aromatic heterocycles. The van der Waals surface area contributed by atoms with Gasteiger partial charge < -0.3 is 20.4 Å². The van der Waals surface area contributed by atoms with E-state index in [1.807, 2.05) is 0 Å². The van der Waals surface area contributed by atoms with Crippen LogP contribution in [0.4, 0.5) is 31.1 Å². The minimum absolute atomic E-state index is 0.0490. The maximum Gasteiger partial charge on any atom is 0.412 e. The Hall–Kier alpha value is -3.51. The monoisotopic (exact) mass is 532 g/mol. The van der Waals surface area contributed by atoms with Crippen LogP contribution in [0.15, 0.2) is 35.9 Å². The summed E-state index contributed by atoms with van der Waals surface area (Å²) in [5, 5.41) is 4.74. The average Bonchev–Trinajstić information content (AvgIpc) is 3.16. The normalized spacial score (nSPS) is 17.4. The third-order valence-corrected chi connectivity index (χ3v) is 5.42. The van der Waals surface area contributed by atoms with Crippen LogP contribution in [0.3, 0.4) is 0 Å². The van der Waals surface area contributed by atoms with Crippen molar-refractivity contribution in [3.05, 3.63) is 52.9 Å². The van der Waals surface area contributed by atoms with Crippen molar-refractivity contribution < 1.29 is 40.7 Å². The first-order chi connectivity index (χ1) is 16.9. The van der Waals surface area contributed by atoms with E-state index in [-0.39, 0.29) is 17.9 Å². The zero-order valence-corrected chi connectivity index (χ0v) is 20.4. The van der Waals surface area contributed by atoms with Gasteiger partial charge in [0.05, 0.1) is 5.92 Å². The van der Waals surface area contributed by atoms with Crippen molar-refractivity contribution in [3.63, 3.8) is 0 Å². The lowest BCUT2D eigenvalue weighted by Crippen LogP contribution is -2.47. The molecule has 2 atom stereocenters. The Morgan fingerprint density at radius 3 is 2.43 bits per heavy atom. The number of nitrogens with zero attached hydrogens (tertiary/aromatic N) is 1. The first-order valence-corrected chi connectivity index (χ1v) is 11.2. The van der Waals surface area contributed by atoms with Crippen molar-refractivity contribution in [2.75, 3.05) is 0 Å². The predicted octanol–water partition coefficient (Wildman–Crippen LogP) is 5.62. The predicted molar refractivity (Wildman–Crippen MR) is 123 cm³/mol. The number of hydrogen-bond donors (Lipinski definition) is 3. The Labute approximate surface area is 208 Å². The van der Waals surface area contributed by atoms with E-state index in [2.05, 4.69) is 15.3 Å². The summed E-state index contributed by atoms with van der Waals surface area (Å²) in [6.45, 7) is 6.81. The molecule has 0 saturated carbocycles. The zero-order valence-electron chi connectivity index (χ0n) is 20.4. The fourth-order valence-electron chi connectivity index (χ4n) is 3.67. The summed E-state index contributed by atoms with van der Waals surface area (Å²) in [6.07, 6.45) is -8.48. The summed E-state index contributed by atoms with van der Waals surface area (Å²) in [5.41, 5.74) is -0.387. The number of ether oxygens (including phenoxy) is 1. The standard InChI is InChI=1S/C24H26F6N4O3/c1-12-15(11-31-21(36)37-22(2,3)4)8-14-10-17(33-19(14)32-12)20(35)34-18(24(28,29)30)13-6-5-7-16(9-13)23(25,26)27/h5-6,8-10,16,18H,7,11H2,1-4H3,(H,31,36)(H,32,33)(H,34,35). The smallest absolute Gasteiger partial charge is 0.412 e. The van der Waals surface area contributed by atoms with Crippen LogP contribution in [0.2, 0.25) is 0 Å². The lowest BCUT2D eigenvalue weighted by molar-refractivity contribution is -0.162. The van der Waals surface area contributed by atoms with Gasteiger partial charge in [0.1, 0.15) is 16.9 Å². The van der Waals surface area contributed by atoms with Crippen LogP contribution in [0.25, 0.3) is 11.0 Å². The van der Waals surface area contributed by atoms with E-state index in [9.17, 15) is 35.9 Å². The Balaban J connectivity index is 1.81. The van der Waals surface area contributed by atoms with Gasteiger partial charge in [0, 0.05) is 17.6 Å². The summed E-state index contributed by atoms with van der Waals surface area (Å²) in [6, 6.07) is 0.228. The van der Waals surface area contributed by atoms with E-state index < -0.39 is 53.9 Å². The molecule has 1 aliphatic carbocycles. The molecule has 0 saturated heterocycles. The maximum atomic E-state index is 13.7. The van der Waals surface area contributed by atoms with Crippen molar-refractivity contribution in [2.45, 2.75) is 64.7 Å². The summed E-state index contributed by atoms with van der Waals surface area (Å²) in [5.74, 6) is -3.25. The molecule has 13 heteroatoms. The van der Waals surface area contributed by atoms with Gasteiger partial charge in [0.15, 0.2) is 6.04 Å². The summed E-state index contributed by atoms with van der Waals surface area (Å²) < 4.78 is 85.6. The Bertz CT molecular complexity index is 1240. The molecule has 2 unspecified atom stereocenters. The molecular weight excluding hydrogens is 506 g/mol. The largest absolute Gasteiger partial charge is 0.444 e. The number of alkyl carbamates (subject to hydrolysis) is 1. The van der Waals surface area contributed by atoms with E-state index in [0.717, 1.165) is 12.2 Å². The maximum absolute atomic E-state index is 13.7. The molecule has 0 radical (unpaired) electrons. The molecule has 0 fully saturated rings. The molecule has 0 bridgehead atoms. The number of aryl methyl sites for hydroxylation is 1. The number of fused-ring (bicyclic) bond motifs is 1. The number of carbonyl (C=O) groups is 2.